The van der Waals surface area contributed by atoms with Gasteiger partial charge in [-0.15, -0.1) is 16.9 Å². The molecule has 0 N–H and O–H groups in total. The lowest BCUT2D eigenvalue weighted by molar-refractivity contribution is 0.0933. The predicted octanol–water partition coefficient (Wildman–Crippen LogP) is 2.30. The third kappa shape index (κ3) is 2.34. The first-order chi connectivity index (χ1) is 8.26. The van der Waals surface area contributed by atoms with E-state index in [1.54, 1.807) is 18.2 Å². The number of nitrogens with zero attached hydrogens (tertiary/aromatic N) is 2. The van der Waals surface area contributed by atoms with Crippen molar-refractivity contribution in [1.29, 1.82) is 0 Å². The fourth-order valence-electron chi connectivity index (χ4n) is 1.44. The summed E-state index contributed by atoms with van der Waals surface area (Å²) in [5.74, 6) is 0.289. The van der Waals surface area contributed by atoms with Crippen LogP contribution < -0.4 is 4.74 Å². The molecule has 0 unspecified atom stereocenters. The van der Waals surface area contributed by atoms with Crippen molar-refractivity contribution in [3.63, 3.8) is 0 Å². The summed E-state index contributed by atoms with van der Waals surface area (Å²) in [6.07, 6.45) is 1.89. The smallest absolute Gasteiger partial charge is 0.279 e. The number of hydrogen-bond donors (Lipinski definition) is 0. The minimum Gasteiger partial charge on any atom is -0.480 e. The summed E-state index contributed by atoms with van der Waals surface area (Å²) >= 11 is 1.45. The van der Waals surface area contributed by atoms with Crippen molar-refractivity contribution in [2.75, 3.05) is 13.4 Å². The van der Waals surface area contributed by atoms with Gasteiger partial charge in [-0.2, -0.15) is 4.68 Å². The van der Waals surface area contributed by atoms with Gasteiger partial charge in [0.1, 0.15) is 5.03 Å². The largest absolute Gasteiger partial charge is 0.480 e. The Morgan fingerprint density at radius 1 is 1.35 bits per heavy atom. The van der Waals surface area contributed by atoms with Crippen LogP contribution in [0.1, 0.15) is 10.4 Å². The first-order valence-corrected chi connectivity index (χ1v) is 6.26. The zero-order valence-electron chi connectivity index (χ0n) is 9.58. The zero-order valence-corrected chi connectivity index (χ0v) is 10.4. The molecule has 0 fully saturated rings. The number of aromatic nitrogens is 2. The van der Waals surface area contributed by atoms with E-state index in [9.17, 15) is 4.79 Å². The summed E-state index contributed by atoms with van der Waals surface area (Å²) in [7, 11) is 1.53. The van der Waals surface area contributed by atoms with Crippen molar-refractivity contribution in [3.8, 4) is 5.88 Å². The number of hydrogen-bond acceptors (Lipinski definition) is 4. The molecule has 1 aromatic carbocycles. The van der Waals surface area contributed by atoms with Crippen LogP contribution in [0.4, 0.5) is 0 Å². The highest BCUT2D eigenvalue weighted by Gasteiger charge is 2.15. The minimum absolute atomic E-state index is 0.154. The fourth-order valence-corrected chi connectivity index (χ4v) is 1.95. The third-order valence-electron chi connectivity index (χ3n) is 2.29. The molecule has 2 rings (SSSR count). The van der Waals surface area contributed by atoms with Crippen LogP contribution in [-0.4, -0.2) is 29.1 Å². The second kappa shape index (κ2) is 5.05. The predicted molar refractivity (Wildman–Crippen MR) is 66.7 cm³/mol. The van der Waals surface area contributed by atoms with Crippen molar-refractivity contribution in [2.45, 2.75) is 5.03 Å². The Morgan fingerprint density at radius 3 is 2.65 bits per heavy atom. The lowest BCUT2D eigenvalue weighted by Gasteiger charge is -2.03. The molecule has 0 radical (unpaired) electrons. The molecule has 4 nitrogen and oxygen atoms in total. The second-order valence-corrected chi connectivity index (χ2v) is 4.14. The number of carbonyl (C=O) groups is 1. The van der Waals surface area contributed by atoms with Gasteiger partial charge in [-0.25, -0.2) is 0 Å². The summed E-state index contributed by atoms with van der Waals surface area (Å²) < 4.78 is 6.39. The van der Waals surface area contributed by atoms with Gasteiger partial charge in [0.05, 0.1) is 7.11 Å². The van der Waals surface area contributed by atoms with Crippen LogP contribution in [0.5, 0.6) is 5.88 Å². The molecule has 0 aliphatic heterocycles. The number of benzene rings is 1. The Hall–Kier alpha value is -1.75. The minimum atomic E-state index is -0.154. The molecule has 0 saturated carbocycles. The van der Waals surface area contributed by atoms with Crippen molar-refractivity contribution in [3.05, 3.63) is 42.0 Å². The monoisotopic (exact) mass is 248 g/mol. The first-order valence-electron chi connectivity index (χ1n) is 5.04. The highest BCUT2D eigenvalue weighted by molar-refractivity contribution is 7.98. The van der Waals surface area contributed by atoms with Crippen LogP contribution in [0.3, 0.4) is 0 Å². The number of thioether (sulfide) groups is 1. The number of methoxy groups -OCH3 is 1. The van der Waals surface area contributed by atoms with Gasteiger partial charge in [-0.05, 0) is 18.4 Å². The molecule has 2 aromatic rings. The summed E-state index contributed by atoms with van der Waals surface area (Å²) in [4.78, 5) is 12.2. The molecule has 0 bridgehead atoms. The van der Waals surface area contributed by atoms with Crippen molar-refractivity contribution in [2.24, 2.45) is 0 Å². The number of ether oxygens (including phenoxy) is 1. The van der Waals surface area contributed by atoms with E-state index in [2.05, 4.69) is 5.10 Å². The Bertz CT molecular complexity index is 523. The summed E-state index contributed by atoms with van der Waals surface area (Å²) in [6.45, 7) is 0. The zero-order chi connectivity index (χ0) is 12.3. The van der Waals surface area contributed by atoms with Crippen LogP contribution in [0.15, 0.2) is 41.4 Å². The van der Waals surface area contributed by atoms with E-state index >= 15 is 0 Å². The maximum absolute atomic E-state index is 12.2. The standard InChI is InChI=1S/C12H12N2O2S/c1-16-10-8-11(17-2)14(13-10)12(15)9-6-4-3-5-7-9/h3-8H,1-2H3. The highest BCUT2D eigenvalue weighted by Crippen LogP contribution is 2.21. The molecule has 0 aliphatic rings. The van der Waals surface area contributed by atoms with Crippen LogP contribution in [0, 0.1) is 0 Å². The summed E-state index contributed by atoms with van der Waals surface area (Å²) in [5.41, 5.74) is 0.605. The van der Waals surface area contributed by atoms with Gasteiger partial charge >= 0.3 is 0 Å². The molecular formula is C12H12N2O2S. The Balaban J connectivity index is 2.40. The van der Waals surface area contributed by atoms with E-state index in [0.29, 0.717) is 11.4 Å². The van der Waals surface area contributed by atoms with Crippen molar-refractivity contribution >= 4 is 17.7 Å². The SMILES string of the molecule is COc1cc(SC)n(C(=O)c2ccccc2)n1. The summed E-state index contributed by atoms with van der Waals surface area (Å²) in [5, 5.41) is 4.86. The molecule has 0 saturated heterocycles. The van der Waals surface area contributed by atoms with Gasteiger partial charge in [0.2, 0.25) is 5.88 Å². The van der Waals surface area contributed by atoms with E-state index < -0.39 is 0 Å². The lowest BCUT2D eigenvalue weighted by atomic mass is 10.2. The highest BCUT2D eigenvalue weighted by atomic mass is 32.2. The molecule has 0 aliphatic carbocycles. The fraction of sp³-hybridized carbons (Fsp3) is 0.167. The van der Waals surface area contributed by atoms with E-state index in [4.69, 9.17) is 4.74 Å². The second-order valence-electron chi connectivity index (χ2n) is 3.31. The molecule has 17 heavy (non-hydrogen) atoms. The Labute approximate surface area is 104 Å². The third-order valence-corrected chi connectivity index (χ3v) is 2.99. The lowest BCUT2D eigenvalue weighted by Crippen LogP contribution is -2.14. The molecule has 1 aromatic heterocycles. The van der Waals surface area contributed by atoms with E-state index in [1.165, 1.54) is 23.6 Å². The normalized spacial score (nSPS) is 10.2. The van der Waals surface area contributed by atoms with E-state index in [1.807, 2.05) is 24.5 Å². The van der Waals surface area contributed by atoms with Crippen LogP contribution in [-0.2, 0) is 0 Å². The van der Waals surface area contributed by atoms with Crippen molar-refractivity contribution in [1.82, 2.24) is 9.78 Å². The Kier molecular flexibility index (Phi) is 3.49. The quantitative estimate of drug-likeness (QED) is 0.782. The van der Waals surface area contributed by atoms with E-state index in [-0.39, 0.29) is 5.91 Å². The van der Waals surface area contributed by atoms with Gasteiger partial charge in [-0.3, -0.25) is 4.79 Å². The van der Waals surface area contributed by atoms with Crippen LogP contribution in [0.25, 0.3) is 0 Å². The van der Waals surface area contributed by atoms with E-state index in [0.717, 1.165) is 5.03 Å². The van der Waals surface area contributed by atoms with Crippen LogP contribution in [0.2, 0.25) is 0 Å². The molecular weight excluding hydrogens is 236 g/mol. The van der Waals surface area contributed by atoms with Gasteiger partial charge in [0.25, 0.3) is 5.91 Å². The van der Waals surface area contributed by atoms with Gasteiger partial charge < -0.3 is 4.74 Å². The molecule has 88 valence electrons. The van der Waals surface area contributed by atoms with Crippen molar-refractivity contribution < 1.29 is 9.53 Å². The van der Waals surface area contributed by atoms with Gasteiger partial charge in [0.15, 0.2) is 0 Å². The molecule has 0 spiro atoms. The summed E-state index contributed by atoms with van der Waals surface area (Å²) in [6, 6.07) is 10.8. The molecule has 0 amide bonds. The van der Waals surface area contributed by atoms with Crippen LogP contribution >= 0.6 is 11.8 Å². The number of carbonyl (C=O) groups excluding carboxylic acids is 1. The maximum Gasteiger partial charge on any atom is 0.279 e. The Morgan fingerprint density at radius 2 is 2.06 bits per heavy atom. The molecule has 0 atom stereocenters. The maximum atomic E-state index is 12.2. The topological polar surface area (TPSA) is 44.1 Å². The average molecular weight is 248 g/mol. The molecule has 1 heterocycles. The number of rotatable bonds is 3. The van der Waals surface area contributed by atoms with Gasteiger partial charge in [-0.1, -0.05) is 18.2 Å². The molecule has 5 heteroatoms. The average Bonchev–Trinajstić information content (AvgIpc) is 2.82. The first kappa shape index (κ1) is 11.7. The van der Waals surface area contributed by atoms with Gasteiger partial charge in [0, 0.05) is 11.6 Å².